The Labute approximate surface area is 175 Å². The molecule has 0 saturated heterocycles. The molecule has 0 aliphatic carbocycles. The van der Waals surface area contributed by atoms with Crippen LogP contribution in [-0.2, 0) is 38.1 Å². The predicted molar refractivity (Wildman–Crippen MR) is 103 cm³/mol. The summed E-state index contributed by atoms with van der Waals surface area (Å²) in [6, 6.07) is 0. The normalized spacial score (nSPS) is 10.7. The molecule has 0 aromatic carbocycles. The van der Waals surface area contributed by atoms with Crippen LogP contribution in [0.1, 0.15) is 25.7 Å². The van der Waals surface area contributed by atoms with Gasteiger partial charge >= 0.3 is 17.9 Å². The third kappa shape index (κ3) is 19.2. The SMILES string of the molecule is CN.O=CCCOCC(COCCC(=O)O)(COCCC(=O)O)COCCC(=O)O. The average molecular weight is 439 g/mol. The Morgan fingerprint density at radius 1 is 0.700 bits per heavy atom. The van der Waals surface area contributed by atoms with Crippen LogP contribution in [0.3, 0.4) is 0 Å². The summed E-state index contributed by atoms with van der Waals surface area (Å²) in [7, 11) is 1.50. The van der Waals surface area contributed by atoms with Crippen LogP contribution >= 0.6 is 0 Å². The number of carbonyl (C=O) groups excluding carboxylic acids is 1. The number of aliphatic carboxylic acids is 3. The molecule has 0 rings (SSSR count). The second-order valence-electron chi connectivity index (χ2n) is 6.10. The van der Waals surface area contributed by atoms with Gasteiger partial charge in [-0.2, -0.15) is 0 Å². The molecule has 0 spiro atoms. The summed E-state index contributed by atoms with van der Waals surface area (Å²) in [4.78, 5) is 42.3. The van der Waals surface area contributed by atoms with Gasteiger partial charge in [-0.15, -0.1) is 0 Å². The van der Waals surface area contributed by atoms with Crippen LogP contribution in [0.5, 0.6) is 0 Å². The molecule has 0 aliphatic rings. The topological polar surface area (TPSA) is 192 Å². The first-order chi connectivity index (χ1) is 14.3. The molecule has 0 atom stereocenters. The molecule has 0 aromatic rings. The van der Waals surface area contributed by atoms with E-state index in [-0.39, 0.29) is 78.5 Å². The van der Waals surface area contributed by atoms with E-state index in [2.05, 4.69) is 5.73 Å². The predicted octanol–water partition coefficient (Wildman–Crippen LogP) is -0.373. The highest BCUT2D eigenvalue weighted by atomic mass is 16.5. The van der Waals surface area contributed by atoms with Gasteiger partial charge in [0.1, 0.15) is 6.29 Å². The third-order valence-corrected chi connectivity index (χ3v) is 3.39. The number of aldehydes is 1. The Morgan fingerprint density at radius 2 is 1.00 bits per heavy atom. The van der Waals surface area contributed by atoms with E-state index in [0.717, 1.165) is 0 Å². The number of rotatable bonds is 20. The molecular formula is C18H33NO11. The Kier molecular flexibility index (Phi) is 20.2. The van der Waals surface area contributed by atoms with Gasteiger partial charge in [-0.3, -0.25) is 14.4 Å². The summed E-state index contributed by atoms with van der Waals surface area (Å²) in [5.41, 5.74) is 3.58. The summed E-state index contributed by atoms with van der Waals surface area (Å²) >= 11 is 0. The number of ether oxygens (including phenoxy) is 4. The van der Waals surface area contributed by atoms with Crippen LogP contribution in [0.25, 0.3) is 0 Å². The van der Waals surface area contributed by atoms with Crippen LogP contribution in [0.2, 0.25) is 0 Å². The first-order valence-electron chi connectivity index (χ1n) is 9.29. The summed E-state index contributed by atoms with van der Waals surface area (Å²) in [6.07, 6.45) is 0.249. The summed E-state index contributed by atoms with van der Waals surface area (Å²) in [5, 5.41) is 26.1. The monoisotopic (exact) mass is 439 g/mol. The van der Waals surface area contributed by atoms with Crippen molar-refractivity contribution in [2.45, 2.75) is 25.7 Å². The average Bonchev–Trinajstić information content (AvgIpc) is 2.70. The van der Waals surface area contributed by atoms with E-state index >= 15 is 0 Å². The van der Waals surface area contributed by atoms with E-state index in [9.17, 15) is 19.2 Å². The van der Waals surface area contributed by atoms with Crippen LogP contribution in [0, 0.1) is 5.41 Å². The summed E-state index contributed by atoms with van der Waals surface area (Å²) in [5.74, 6) is -3.07. The van der Waals surface area contributed by atoms with Gasteiger partial charge in [-0.1, -0.05) is 0 Å². The highest BCUT2D eigenvalue weighted by molar-refractivity contribution is 5.67. The van der Waals surface area contributed by atoms with Crippen molar-refractivity contribution in [3.8, 4) is 0 Å². The number of hydrogen-bond acceptors (Lipinski definition) is 9. The minimum atomic E-state index is -1.02. The zero-order valence-corrected chi connectivity index (χ0v) is 17.2. The molecule has 0 aromatic heterocycles. The molecule has 0 unspecified atom stereocenters. The van der Waals surface area contributed by atoms with Crippen molar-refractivity contribution < 1.29 is 53.4 Å². The zero-order valence-electron chi connectivity index (χ0n) is 17.2. The lowest BCUT2D eigenvalue weighted by Gasteiger charge is -2.33. The van der Waals surface area contributed by atoms with Crippen molar-refractivity contribution in [2.75, 3.05) is 59.9 Å². The lowest BCUT2D eigenvalue weighted by atomic mass is 9.92. The maximum atomic E-state index is 10.6. The van der Waals surface area contributed by atoms with Gasteiger partial charge in [-0.25, -0.2) is 0 Å². The van der Waals surface area contributed by atoms with Crippen LogP contribution in [0.4, 0.5) is 0 Å². The second-order valence-corrected chi connectivity index (χ2v) is 6.10. The molecule has 0 fully saturated rings. The summed E-state index contributed by atoms with van der Waals surface area (Å²) < 4.78 is 21.7. The number of carboxylic acid groups (broad SMARTS) is 3. The molecule has 30 heavy (non-hydrogen) atoms. The fourth-order valence-electron chi connectivity index (χ4n) is 2.01. The fourth-order valence-corrected chi connectivity index (χ4v) is 2.01. The van der Waals surface area contributed by atoms with Crippen molar-refractivity contribution in [1.82, 2.24) is 0 Å². The Balaban J connectivity index is 0. The molecule has 0 bridgehead atoms. The highest BCUT2D eigenvalue weighted by Gasteiger charge is 2.32. The maximum absolute atomic E-state index is 10.6. The molecule has 0 aliphatic heterocycles. The van der Waals surface area contributed by atoms with Gasteiger partial charge < -0.3 is 44.8 Å². The van der Waals surface area contributed by atoms with Crippen molar-refractivity contribution >= 4 is 24.2 Å². The molecule has 0 saturated carbocycles. The van der Waals surface area contributed by atoms with E-state index in [1.54, 1.807) is 0 Å². The summed E-state index contributed by atoms with van der Waals surface area (Å²) in [6.45, 7) is -0.0375. The number of hydrogen-bond donors (Lipinski definition) is 4. The van der Waals surface area contributed by atoms with Crippen LogP contribution < -0.4 is 5.73 Å². The van der Waals surface area contributed by atoms with Gasteiger partial charge in [0.2, 0.25) is 0 Å². The number of nitrogens with two attached hydrogens (primary N) is 1. The van der Waals surface area contributed by atoms with E-state index in [1.165, 1.54) is 7.05 Å². The van der Waals surface area contributed by atoms with E-state index < -0.39 is 23.3 Å². The molecule has 5 N–H and O–H groups in total. The van der Waals surface area contributed by atoms with E-state index in [1.807, 2.05) is 0 Å². The minimum absolute atomic E-state index is 0.0124. The Morgan fingerprint density at radius 3 is 1.27 bits per heavy atom. The van der Waals surface area contributed by atoms with Crippen molar-refractivity contribution in [1.29, 1.82) is 0 Å². The molecular weight excluding hydrogens is 406 g/mol. The van der Waals surface area contributed by atoms with Crippen LogP contribution in [0.15, 0.2) is 0 Å². The van der Waals surface area contributed by atoms with E-state index in [0.29, 0.717) is 6.29 Å². The number of carboxylic acids is 3. The standard InChI is InChI=1S/C17H28O11.CH5N/c18-5-1-6-25-10-17(11-26-7-2-14(19)20,12-27-8-3-15(21)22)13-28-9-4-16(23)24;1-2/h5H,1-4,6-13H2,(H,19,20)(H,21,22)(H,23,24);2H2,1H3. The van der Waals surface area contributed by atoms with Crippen molar-refractivity contribution in [2.24, 2.45) is 11.1 Å². The zero-order chi connectivity index (χ0) is 23.3. The lowest BCUT2D eigenvalue weighted by molar-refractivity contribution is -0.141. The smallest absolute Gasteiger partial charge is 0.305 e. The first-order valence-corrected chi connectivity index (χ1v) is 9.29. The first kappa shape index (κ1) is 30.1. The van der Waals surface area contributed by atoms with Gasteiger partial charge in [0.15, 0.2) is 0 Å². The minimum Gasteiger partial charge on any atom is -0.481 e. The van der Waals surface area contributed by atoms with Crippen molar-refractivity contribution in [3.63, 3.8) is 0 Å². The Bertz CT molecular complexity index is 430. The van der Waals surface area contributed by atoms with Gasteiger partial charge in [0, 0.05) is 6.42 Å². The molecule has 176 valence electrons. The quantitative estimate of drug-likeness (QED) is 0.142. The Hall–Kier alpha value is -2.12. The molecule has 12 nitrogen and oxygen atoms in total. The van der Waals surface area contributed by atoms with Crippen molar-refractivity contribution in [3.05, 3.63) is 0 Å². The second kappa shape index (κ2) is 20.2. The van der Waals surface area contributed by atoms with Crippen LogP contribution in [-0.4, -0.2) is 99.4 Å². The fraction of sp³-hybridized carbons (Fsp3) is 0.778. The molecule has 0 heterocycles. The molecule has 12 heteroatoms. The third-order valence-electron chi connectivity index (χ3n) is 3.39. The highest BCUT2D eigenvalue weighted by Crippen LogP contribution is 2.21. The number of carbonyl (C=O) groups is 4. The van der Waals surface area contributed by atoms with Gasteiger partial charge in [-0.05, 0) is 7.05 Å². The largest absolute Gasteiger partial charge is 0.481 e. The molecule has 0 amide bonds. The maximum Gasteiger partial charge on any atom is 0.305 e. The van der Waals surface area contributed by atoms with Gasteiger partial charge in [0.05, 0.1) is 77.5 Å². The lowest BCUT2D eigenvalue weighted by Crippen LogP contribution is -2.42. The van der Waals surface area contributed by atoms with E-state index in [4.69, 9.17) is 34.3 Å². The van der Waals surface area contributed by atoms with Gasteiger partial charge in [0.25, 0.3) is 0 Å². The molecule has 0 radical (unpaired) electrons.